The molecule has 0 saturated heterocycles. The Morgan fingerprint density at radius 2 is 2.00 bits per heavy atom. The number of aliphatic hydroxyl groups excluding tert-OH is 2. The molecule has 2 aliphatic rings. The Hall–Kier alpha value is -0.680. The first-order valence-electron chi connectivity index (χ1n) is 6.12. The van der Waals surface area contributed by atoms with E-state index in [1.54, 1.807) is 0 Å². The van der Waals surface area contributed by atoms with Crippen LogP contribution in [0.1, 0.15) is 12.8 Å². The van der Waals surface area contributed by atoms with Crippen LogP contribution in [0.25, 0.3) is 0 Å². The molecule has 2 bridgehead atoms. The minimum atomic E-state index is -0.724. The Morgan fingerprint density at radius 3 is 2.59 bits per heavy atom. The monoisotopic (exact) mass is 240 g/mol. The summed E-state index contributed by atoms with van der Waals surface area (Å²) >= 11 is 0. The van der Waals surface area contributed by atoms with Gasteiger partial charge in [-0.2, -0.15) is 0 Å². The number of fused-ring (bicyclic) bond motifs is 2. The summed E-state index contributed by atoms with van der Waals surface area (Å²) in [6.45, 7) is 3.63. The maximum absolute atomic E-state index is 9.97. The van der Waals surface area contributed by atoms with Gasteiger partial charge < -0.3 is 10.2 Å². The van der Waals surface area contributed by atoms with Gasteiger partial charge in [0.25, 0.3) is 0 Å². The zero-order chi connectivity index (χ0) is 12.3. The fourth-order valence-corrected chi connectivity index (χ4v) is 2.69. The Morgan fingerprint density at radius 1 is 1.24 bits per heavy atom. The molecule has 0 aromatic rings. The zero-order valence-corrected chi connectivity index (χ0v) is 9.87. The van der Waals surface area contributed by atoms with E-state index < -0.39 is 12.2 Å². The van der Waals surface area contributed by atoms with Crippen molar-refractivity contribution in [2.24, 2.45) is 17.8 Å². The Bertz CT molecular complexity index is 289. The highest BCUT2D eigenvalue weighted by Crippen LogP contribution is 2.44. The molecule has 0 radical (unpaired) electrons. The first kappa shape index (κ1) is 12.8. The van der Waals surface area contributed by atoms with Gasteiger partial charge in [-0.15, -0.1) is 6.58 Å². The predicted molar refractivity (Wildman–Crippen MR) is 63.0 cm³/mol. The first-order chi connectivity index (χ1) is 8.20. The van der Waals surface area contributed by atoms with Gasteiger partial charge in [0.2, 0.25) is 0 Å². The maximum Gasteiger partial charge on any atom is 0.112 e. The first-order valence-corrected chi connectivity index (χ1v) is 6.12. The summed E-state index contributed by atoms with van der Waals surface area (Å²) in [6, 6.07) is 0. The molecule has 1 fully saturated rings. The van der Waals surface area contributed by atoms with Crippen LogP contribution in [0.3, 0.4) is 0 Å². The van der Waals surface area contributed by atoms with Crippen LogP contribution in [-0.2, 0) is 9.78 Å². The lowest BCUT2D eigenvalue weighted by Crippen LogP contribution is -2.29. The largest absolute Gasteiger partial charge is 0.390 e. The highest BCUT2D eigenvalue weighted by Gasteiger charge is 2.39. The number of rotatable bonds is 7. The lowest BCUT2D eigenvalue weighted by Gasteiger charge is -2.23. The molecule has 4 heteroatoms. The average Bonchev–Trinajstić information content (AvgIpc) is 2.96. The molecule has 0 spiro atoms. The Kier molecular flexibility index (Phi) is 4.34. The van der Waals surface area contributed by atoms with Gasteiger partial charge in [0.1, 0.15) is 13.2 Å². The smallest absolute Gasteiger partial charge is 0.112 e. The quantitative estimate of drug-likeness (QED) is 0.302. The molecule has 17 heavy (non-hydrogen) atoms. The normalized spacial score (nSPS) is 33.9. The van der Waals surface area contributed by atoms with E-state index in [2.05, 4.69) is 18.7 Å². The average molecular weight is 240 g/mol. The standard InChI is InChI=1S/C13H20O4/c1-2-11(14)7-16-17-8-13(15)12-6-9-3-4-10(12)5-9/h2-4,9-15H,1,5-8H2/t9?,10?,11?,12?,13-/m0/s1. The van der Waals surface area contributed by atoms with Crippen LogP contribution in [0.2, 0.25) is 0 Å². The number of aliphatic hydroxyl groups is 2. The molecule has 4 unspecified atom stereocenters. The van der Waals surface area contributed by atoms with Gasteiger partial charge in [-0.3, -0.25) is 0 Å². The zero-order valence-electron chi connectivity index (χ0n) is 9.87. The topological polar surface area (TPSA) is 58.9 Å². The van der Waals surface area contributed by atoms with Crippen LogP contribution in [-0.4, -0.2) is 35.6 Å². The summed E-state index contributed by atoms with van der Waals surface area (Å²) in [5.74, 6) is 1.43. The number of allylic oxidation sites excluding steroid dienone is 2. The third kappa shape index (κ3) is 3.16. The molecule has 1 saturated carbocycles. The molecule has 0 aliphatic heterocycles. The van der Waals surface area contributed by atoms with Crippen LogP contribution in [0.5, 0.6) is 0 Å². The second-order valence-electron chi connectivity index (χ2n) is 4.88. The molecule has 2 N–H and O–H groups in total. The number of hydrogen-bond acceptors (Lipinski definition) is 4. The van der Waals surface area contributed by atoms with Gasteiger partial charge in [0.05, 0.1) is 12.2 Å². The van der Waals surface area contributed by atoms with Crippen LogP contribution >= 0.6 is 0 Å². The van der Waals surface area contributed by atoms with Gasteiger partial charge in [-0.25, -0.2) is 9.78 Å². The van der Waals surface area contributed by atoms with Crippen molar-refractivity contribution < 1.29 is 20.0 Å². The van der Waals surface area contributed by atoms with Crippen LogP contribution in [0, 0.1) is 17.8 Å². The van der Waals surface area contributed by atoms with Crippen molar-refractivity contribution >= 4 is 0 Å². The van der Waals surface area contributed by atoms with Crippen molar-refractivity contribution in [3.05, 3.63) is 24.8 Å². The van der Waals surface area contributed by atoms with Crippen LogP contribution in [0.15, 0.2) is 24.8 Å². The minimum Gasteiger partial charge on any atom is -0.390 e. The predicted octanol–water partition coefficient (Wildman–Crippen LogP) is 1.05. The summed E-state index contributed by atoms with van der Waals surface area (Å²) < 4.78 is 0. The van der Waals surface area contributed by atoms with Crippen molar-refractivity contribution in [3.63, 3.8) is 0 Å². The fourth-order valence-electron chi connectivity index (χ4n) is 2.69. The lowest BCUT2D eigenvalue weighted by molar-refractivity contribution is -0.314. The third-order valence-corrected chi connectivity index (χ3v) is 3.66. The van der Waals surface area contributed by atoms with E-state index in [1.165, 1.54) is 6.08 Å². The minimum absolute atomic E-state index is 0.0485. The van der Waals surface area contributed by atoms with E-state index in [1.807, 2.05) is 0 Å². The molecule has 0 amide bonds. The molecular formula is C13H20O4. The van der Waals surface area contributed by atoms with Gasteiger partial charge in [-0.1, -0.05) is 18.2 Å². The summed E-state index contributed by atoms with van der Waals surface area (Å²) in [5, 5.41) is 19.1. The van der Waals surface area contributed by atoms with Crippen molar-refractivity contribution in [1.82, 2.24) is 0 Å². The summed E-state index contributed by atoms with van der Waals surface area (Å²) in [7, 11) is 0. The van der Waals surface area contributed by atoms with Crippen molar-refractivity contribution in [1.29, 1.82) is 0 Å². The second kappa shape index (κ2) is 5.78. The summed E-state index contributed by atoms with van der Waals surface area (Å²) in [4.78, 5) is 9.70. The third-order valence-electron chi connectivity index (χ3n) is 3.66. The van der Waals surface area contributed by atoms with Gasteiger partial charge in [0, 0.05) is 0 Å². The molecule has 0 aromatic heterocycles. The fraction of sp³-hybridized carbons (Fsp3) is 0.692. The molecule has 0 aromatic carbocycles. The van der Waals surface area contributed by atoms with E-state index in [-0.39, 0.29) is 19.1 Å². The van der Waals surface area contributed by atoms with Gasteiger partial charge in [-0.05, 0) is 30.6 Å². The Balaban J connectivity index is 1.63. The van der Waals surface area contributed by atoms with Crippen molar-refractivity contribution in [3.8, 4) is 0 Å². The summed E-state index contributed by atoms with van der Waals surface area (Å²) in [5.41, 5.74) is 0. The van der Waals surface area contributed by atoms with E-state index in [0.29, 0.717) is 11.8 Å². The molecule has 0 heterocycles. The highest BCUT2D eigenvalue weighted by molar-refractivity contribution is 5.11. The number of hydrogen-bond donors (Lipinski definition) is 2. The lowest BCUT2D eigenvalue weighted by atomic mass is 9.89. The van der Waals surface area contributed by atoms with E-state index in [0.717, 1.165) is 12.8 Å². The summed E-state index contributed by atoms with van der Waals surface area (Å²) in [6.07, 6.45) is 6.81. The van der Waals surface area contributed by atoms with Crippen LogP contribution < -0.4 is 0 Å². The van der Waals surface area contributed by atoms with E-state index in [9.17, 15) is 5.11 Å². The SMILES string of the molecule is C=CC(O)COOC[C@H](O)C1CC2C=CC1C2. The second-order valence-corrected chi connectivity index (χ2v) is 4.88. The van der Waals surface area contributed by atoms with E-state index >= 15 is 0 Å². The Labute approximate surface area is 101 Å². The molecule has 5 atom stereocenters. The maximum atomic E-state index is 9.97. The highest BCUT2D eigenvalue weighted by atomic mass is 17.2. The van der Waals surface area contributed by atoms with Crippen molar-refractivity contribution in [2.45, 2.75) is 25.0 Å². The van der Waals surface area contributed by atoms with Gasteiger partial charge >= 0.3 is 0 Å². The van der Waals surface area contributed by atoms with E-state index in [4.69, 9.17) is 14.9 Å². The van der Waals surface area contributed by atoms with Gasteiger partial charge in [0.15, 0.2) is 0 Å². The molecule has 2 aliphatic carbocycles. The van der Waals surface area contributed by atoms with Crippen LogP contribution in [0.4, 0.5) is 0 Å². The van der Waals surface area contributed by atoms with Crippen molar-refractivity contribution in [2.75, 3.05) is 13.2 Å². The molecule has 4 nitrogen and oxygen atoms in total. The molecule has 2 rings (SSSR count). The molecular weight excluding hydrogens is 220 g/mol. The molecule has 96 valence electrons.